The summed E-state index contributed by atoms with van der Waals surface area (Å²) in [5, 5.41) is 13.8. The molecule has 1 aromatic heterocycles. The molecule has 0 atom stereocenters. The number of fused-ring (bicyclic) bond motifs is 1. The minimum absolute atomic E-state index is 0.240. The summed E-state index contributed by atoms with van der Waals surface area (Å²) in [5.74, 6) is -0.649. The number of halogens is 1. The van der Waals surface area contributed by atoms with Crippen molar-refractivity contribution >= 4 is 22.6 Å². The van der Waals surface area contributed by atoms with Gasteiger partial charge in [-0.2, -0.15) is 0 Å². The van der Waals surface area contributed by atoms with E-state index in [-0.39, 0.29) is 11.4 Å². The molecule has 0 aliphatic rings. The summed E-state index contributed by atoms with van der Waals surface area (Å²) in [6.45, 7) is 0.476. The first-order valence-corrected chi connectivity index (χ1v) is 6.74. The molecule has 0 unspecified atom stereocenters. The van der Waals surface area contributed by atoms with Gasteiger partial charge in [0.05, 0.1) is 5.56 Å². The van der Waals surface area contributed by atoms with Crippen LogP contribution in [0.1, 0.15) is 15.9 Å². The third-order valence-electron chi connectivity index (χ3n) is 3.41. The average molecular weight is 296 g/mol. The highest BCUT2D eigenvalue weighted by Gasteiger charge is 2.10. The highest BCUT2D eigenvalue weighted by atomic mass is 19.1. The van der Waals surface area contributed by atoms with Gasteiger partial charge >= 0.3 is 5.97 Å². The third kappa shape index (κ3) is 2.74. The molecule has 110 valence electrons. The lowest BCUT2D eigenvalue weighted by molar-refractivity contribution is 0.0699. The lowest BCUT2D eigenvalue weighted by Crippen LogP contribution is -2.03. The van der Waals surface area contributed by atoms with E-state index in [1.807, 2.05) is 6.07 Å². The largest absolute Gasteiger partial charge is 0.478 e. The van der Waals surface area contributed by atoms with Crippen molar-refractivity contribution in [3.63, 3.8) is 0 Å². The molecule has 0 saturated carbocycles. The van der Waals surface area contributed by atoms with Crippen LogP contribution in [0, 0.1) is 5.82 Å². The molecule has 5 heteroatoms. The van der Waals surface area contributed by atoms with Gasteiger partial charge < -0.3 is 10.4 Å². The number of benzene rings is 2. The Morgan fingerprint density at radius 2 is 1.86 bits per heavy atom. The van der Waals surface area contributed by atoms with Crippen molar-refractivity contribution in [2.75, 3.05) is 5.32 Å². The molecule has 0 bridgehead atoms. The SMILES string of the molecule is O=C(O)c1cccc2c(NCc3ccc(F)cc3)nccc12. The predicted octanol–water partition coefficient (Wildman–Crippen LogP) is 3.68. The highest BCUT2D eigenvalue weighted by Crippen LogP contribution is 2.24. The number of nitrogens with zero attached hydrogens (tertiary/aromatic N) is 1. The van der Waals surface area contributed by atoms with E-state index in [9.17, 15) is 14.3 Å². The molecule has 1 heterocycles. The first kappa shape index (κ1) is 14.0. The Bertz CT molecular complexity index is 832. The fraction of sp³-hybridized carbons (Fsp3) is 0.0588. The van der Waals surface area contributed by atoms with Crippen LogP contribution in [-0.2, 0) is 6.54 Å². The summed E-state index contributed by atoms with van der Waals surface area (Å²) in [6.07, 6.45) is 1.57. The van der Waals surface area contributed by atoms with E-state index in [0.29, 0.717) is 17.7 Å². The maximum atomic E-state index is 12.9. The maximum Gasteiger partial charge on any atom is 0.336 e. The molecule has 4 nitrogen and oxygen atoms in total. The maximum absolute atomic E-state index is 12.9. The van der Waals surface area contributed by atoms with Gasteiger partial charge in [0.1, 0.15) is 11.6 Å². The van der Waals surface area contributed by atoms with E-state index in [2.05, 4.69) is 10.3 Å². The van der Waals surface area contributed by atoms with E-state index in [0.717, 1.165) is 10.9 Å². The van der Waals surface area contributed by atoms with Crippen molar-refractivity contribution < 1.29 is 14.3 Å². The number of hydrogen-bond donors (Lipinski definition) is 2. The molecule has 0 radical (unpaired) electrons. The molecule has 0 aliphatic carbocycles. The quantitative estimate of drug-likeness (QED) is 0.771. The number of anilines is 1. The first-order valence-electron chi connectivity index (χ1n) is 6.74. The fourth-order valence-electron chi connectivity index (χ4n) is 2.32. The van der Waals surface area contributed by atoms with Crippen LogP contribution in [0.5, 0.6) is 0 Å². The summed E-state index contributed by atoms with van der Waals surface area (Å²) in [7, 11) is 0. The monoisotopic (exact) mass is 296 g/mol. The van der Waals surface area contributed by atoms with Gasteiger partial charge in [0, 0.05) is 23.5 Å². The number of aromatic nitrogens is 1. The Labute approximate surface area is 126 Å². The second-order valence-corrected chi connectivity index (χ2v) is 4.85. The van der Waals surface area contributed by atoms with E-state index < -0.39 is 5.97 Å². The van der Waals surface area contributed by atoms with Gasteiger partial charge in [-0.25, -0.2) is 14.2 Å². The number of carboxylic acids is 1. The number of carboxylic acid groups (broad SMARTS) is 1. The van der Waals surface area contributed by atoms with E-state index in [1.165, 1.54) is 12.1 Å². The molecule has 0 saturated heterocycles. The average Bonchev–Trinajstić information content (AvgIpc) is 2.53. The van der Waals surface area contributed by atoms with Crippen LogP contribution in [0.25, 0.3) is 10.8 Å². The van der Waals surface area contributed by atoms with Gasteiger partial charge in [-0.15, -0.1) is 0 Å². The minimum atomic E-state index is -0.971. The number of hydrogen-bond acceptors (Lipinski definition) is 3. The normalized spacial score (nSPS) is 10.6. The van der Waals surface area contributed by atoms with E-state index in [4.69, 9.17) is 0 Å². The smallest absolute Gasteiger partial charge is 0.336 e. The predicted molar refractivity (Wildman–Crippen MR) is 82.4 cm³/mol. The Morgan fingerprint density at radius 1 is 1.09 bits per heavy atom. The molecule has 3 aromatic rings. The van der Waals surface area contributed by atoms with Gasteiger partial charge in [0.2, 0.25) is 0 Å². The van der Waals surface area contributed by atoms with E-state index in [1.54, 1.807) is 36.5 Å². The number of carbonyl (C=O) groups is 1. The number of nitrogens with one attached hydrogen (secondary N) is 1. The second kappa shape index (κ2) is 5.81. The number of pyridine rings is 1. The summed E-state index contributed by atoms with van der Waals surface area (Å²) in [5.41, 5.74) is 1.15. The molecular formula is C17H13FN2O2. The summed E-state index contributed by atoms with van der Waals surface area (Å²) < 4.78 is 12.9. The van der Waals surface area contributed by atoms with Gasteiger partial charge in [-0.1, -0.05) is 24.3 Å². The Balaban J connectivity index is 1.92. The van der Waals surface area contributed by atoms with Crippen molar-refractivity contribution in [3.05, 3.63) is 71.7 Å². The van der Waals surface area contributed by atoms with Gasteiger partial charge in [0.15, 0.2) is 0 Å². The van der Waals surface area contributed by atoms with Gasteiger partial charge in [-0.3, -0.25) is 0 Å². The van der Waals surface area contributed by atoms with E-state index >= 15 is 0 Å². The number of rotatable bonds is 4. The van der Waals surface area contributed by atoms with Crippen LogP contribution in [0.4, 0.5) is 10.2 Å². The molecule has 22 heavy (non-hydrogen) atoms. The van der Waals surface area contributed by atoms with Crippen molar-refractivity contribution in [1.82, 2.24) is 4.98 Å². The van der Waals surface area contributed by atoms with Crippen LogP contribution < -0.4 is 5.32 Å². The summed E-state index contributed by atoms with van der Waals surface area (Å²) in [4.78, 5) is 15.5. The van der Waals surface area contributed by atoms with Crippen molar-refractivity contribution in [3.8, 4) is 0 Å². The Hall–Kier alpha value is -2.95. The Morgan fingerprint density at radius 3 is 2.59 bits per heavy atom. The van der Waals surface area contributed by atoms with Crippen molar-refractivity contribution in [2.24, 2.45) is 0 Å². The zero-order valence-electron chi connectivity index (χ0n) is 11.6. The van der Waals surface area contributed by atoms with Crippen LogP contribution in [0.2, 0.25) is 0 Å². The van der Waals surface area contributed by atoms with Gasteiger partial charge in [-0.05, 0) is 29.8 Å². The van der Waals surface area contributed by atoms with Gasteiger partial charge in [0.25, 0.3) is 0 Å². The topological polar surface area (TPSA) is 62.2 Å². The molecule has 0 amide bonds. The zero-order valence-corrected chi connectivity index (χ0v) is 11.6. The highest BCUT2D eigenvalue weighted by molar-refractivity contribution is 6.06. The molecule has 2 aromatic carbocycles. The fourth-order valence-corrected chi connectivity index (χ4v) is 2.32. The molecule has 2 N–H and O–H groups in total. The second-order valence-electron chi connectivity index (χ2n) is 4.85. The van der Waals surface area contributed by atoms with Crippen molar-refractivity contribution in [2.45, 2.75) is 6.54 Å². The molecule has 0 aliphatic heterocycles. The molecule has 0 spiro atoms. The standard InChI is InChI=1S/C17H13FN2O2/c18-12-6-4-11(5-7-12)10-20-16-14-2-1-3-15(17(21)22)13(14)8-9-19-16/h1-9H,10H2,(H,19,20)(H,21,22). The zero-order chi connectivity index (χ0) is 15.5. The number of aromatic carboxylic acids is 1. The lowest BCUT2D eigenvalue weighted by Gasteiger charge is -2.10. The van der Waals surface area contributed by atoms with Crippen molar-refractivity contribution in [1.29, 1.82) is 0 Å². The first-order chi connectivity index (χ1) is 10.6. The molecule has 0 fully saturated rings. The minimum Gasteiger partial charge on any atom is -0.478 e. The summed E-state index contributed by atoms with van der Waals surface area (Å²) in [6, 6.07) is 12.9. The molecule has 3 rings (SSSR count). The lowest BCUT2D eigenvalue weighted by atomic mass is 10.1. The van der Waals surface area contributed by atoms with Crippen LogP contribution in [0.15, 0.2) is 54.7 Å². The molecular weight excluding hydrogens is 283 g/mol. The van der Waals surface area contributed by atoms with Crippen LogP contribution in [-0.4, -0.2) is 16.1 Å². The Kier molecular flexibility index (Phi) is 3.70. The third-order valence-corrected chi connectivity index (χ3v) is 3.41. The van der Waals surface area contributed by atoms with Crippen LogP contribution >= 0.6 is 0 Å². The summed E-state index contributed by atoms with van der Waals surface area (Å²) >= 11 is 0. The van der Waals surface area contributed by atoms with Crippen LogP contribution in [0.3, 0.4) is 0 Å².